The zero-order valence-corrected chi connectivity index (χ0v) is 23.5. The number of rotatable bonds is 9. The van der Waals surface area contributed by atoms with Gasteiger partial charge in [-0.2, -0.15) is 0 Å². The fraction of sp³-hybridized carbons (Fsp3) is 0.462. The molecule has 1 atom stereocenters. The van der Waals surface area contributed by atoms with Crippen molar-refractivity contribution in [2.24, 2.45) is 9.98 Å². The molecule has 202 valence electrons. The molecular weight excluding hydrogens is 475 g/mol. The van der Waals surface area contributed by atoms with Crippen molar-refractivity contribution >= 4 is 28.0 Å². The van der Waals surface area contributed by atoms with E-state index in [-0.39, 0.29) is 10.6 Å². The molecule has 0 aliphatic heterocycles. The maximum absolute atomic E-state index is 13.9. The molecule has 0 aromatic heterocycles. The van der Waals surface area contributed by atoms with Crippen LogP contribution in [0.2, 0.25) is 0 Å². The predicted octanol–water partition coefficient (Wildman–Crippen LogP) is 7.59. The highest BCUT2D eigenvalue weighted by molar-refractivity contribution is 7.90. The van der Waals surface area contributed by atoms with Gasteiger partial charge in [0.15, 0.2) is 9.84 Å². The lowest BCUT2D eigenvalue weighted by atomic mass is 10.1. The second-order valence-corrected chi connectivity index (χ2v) is 8.12. The second-order valence-electron chi connectivity index (χ2n) is 6.10. The fourth-order valence-corrected chi connectivity index (χ4v) is 2.65. The molecule has 0 saturated heterocycles. The van der Waals surface area contributed by atoms with Gasteiger partial charge >= 0.3 is 0 Å². The Balaban J connectivity index is -0.000000417. The third kappa shape index (κ3) is 20.4. The van der Waals surface area contributed by atoms with E-state index in [1.165, 1.54) is 25.3 Å². The molecule has 0 aliphatic carbocycles. The van der Waals surface area contributed by atoms with Gasteiger partial charge in [0.1, 0.15) is 6.17 Å². The summed E-state index contributed by atoms with van der Waals surface area (Å²) in [4.78, 5) is 8.10. The summed E-state index contributed by atoms with van der Waals surface area (Å²) < 4.78 is 55.8. The molecule has 1 aromatic carbocycles. The highest BCUT2D eigenvalue weighted by Crippen LogP contribution is 2.16. The maximum Gasteiger partial charge on any atom is 0.175 e. The van der Waals surface area contributed by atoms with Gasteiger partial charge < -0.3 is 10.3 Å². The molecule has 0 saturated carbocycles. The Labute approximate surface area is 211 Å². The van der Waals surface area contributed by atoms with Crippen LogP contribution in [0.1, 0.15) is 48.0 Å². The highest BCUT2D eigenvalue weighted by atomic mass is 32.2. The number of aliphatic imine (C=N–C) groups is 2. The summed E-state index contributed by atoms with van der Waals surface area (Å²) in [6.45, 7) is 19.2. The monoisotopic (exact) mass is 519 g/mol. The summed E-state index contributed by atoms with van der Waals surface area (Å²) in [5.41, 5.74) is 2.35. The first-order valence-electron chi connectivity index (χ1n) is 11.1. The van der Waals surface area contributed by atoms with E-state index in [0.29, 0.717) is 32.2 Å². The van der Waals surface area contributed by atoms with Crippen LogP contribution in [-0.4, -0.2) is 54.2 Å². The zero-order chi connectivity index (χ0) is 28.4. The van der Waals surface area contributed by atoms with Crippen molar-refractivity contribution in [2.45, 2.75) is 59.0 Å². The van der Waals surface area contributed by atoms with Gasteiger partial charge in [0, 0.05) is 30.4 Å². The van der Waals surface area contributed by atoms with Crippen LogP contribution >= 0.6 is 0 Å². The molecule has 9 heteroatoms. The minimum atomic E-state index is -3.24. The summed E-state index contributed by atoms with van der Waals surface area (Å²) in [6, 6.07) is 6.24. The minimum Gasteiger partial charge on any atom is -0.360 e. The fourth-order valence-electron chi connectivity index (χ4n) is 2.02. The van der Waals surface area contributed by atoms with Crippen LogP contribution < -0.4 is 5.32 Å². The number of nitrogens with zero attached hydrogens (tertiary/aromatic N) is 2. The summed E-state index contributed by atoms with van der Waals surface area (Å²) in [6.07, 6.45) is 5.70. The van der Waals surface area contributed by atoms with Crippen molar-refractivity contribution in [1.82, 2.24) is 0 Å². The molecule has 0 amide bonds. The number of sulfone groups is 1. The maximum atomic E-state index is 13.9. The lowest BCUT2D eigenvalue weighted by molar-refractivity contribution is 0.408. The third-order valence-electron chi connectivity index (χ3n) is 3.64. The predicted molar refractivity (Wildman–Crippen MR) is 149 cm³/mol. The van der Waals surface area contributed by atoms with Crippen LogP contribution in [0.4, 0.5) is 18.9 Å². The van der Waals surface area contributed by atoms with Crippen LogP contribution in [0.5, 0.6) is 0 Å². The topological polar surface area (TPSA) is 70.9 Å². The van der Waals surface area contributed by atoms with Gasteiger partial charge in [-0.05, 0) is 63.7 Å². The van der Waals surface area contributed by atoms with Gasteiger partial charge in [-0.1, -0.05) is 39.5 Å². The van der Waals surface area contributed by atoms with Crippen LogP contribution in [0.15, 0.2) is 75.3 Å². The van der Waals surface area contributed by atoms with Gasteiger partial charge in [-0.15, -0.1) is 0 Å². The number of benzene rings is 1. The summed E-state index contributed by atoms with van der Waals surface area (Å²) >= 11 is 0. The van der Waals surface area contributed by atoms with Crippen molar-refractivity contribution in [3.05, 3.63) is 60.5 Å². The van der Waals surface area contributed by atoms with E-state index < -0.39 is 16.0 Å². The summed E-state index contributed by atoms with van der Waals surface area (Å²) in [7, 11) is -2.24. The van der Waals surface area contributed by atoms with Crippen molar-refractivity contribution in [1.29, 1.82) is 0 Å². The highest BCUT2D eigenvalue weighted by Gasteiger charge is 2.09. The number of allylic oxidation sites excluding steroid dienone is 4. The first-order chi connectivity index (χ1) is 16.6. The number of hydrogen-bond acceptors (Lipinski definition) is 5. The quantitative estimate of drug-likeness (QED) is 0.270. The molecule has 0 heterocycles. The number of nitrogens with one attached hydrogen (secondary N) is 1. The van der Waals surface area contributed by atoms with E-state index in [9.17, 15) is 21.6 Å². The van der Waals surface area contributed by atoms with Gasteiger partial charge in [0.25, 0.3) is 0 Å². The number of anilines is 1. The molecule has 5 nitrogen and oxygen atoms in total. The molecule has 0 aliphatic rings. The van der Waals surface area contributed by atoms with Gasteiger partial charge in [-0.3, -0.25) is 13.8 Å². The van der Waals surface area contributed by atoms with E-state index in [4.69, 9.17) is 0 Å². The number of halogens is 3. The SMILES string of the molecule is C=C(/C=C\C)C(CC)=N/C(=C\Nc1ccc(S(C)(=O)=O)cc1)C(C)F.C=NCC.CC.CF.CF. The Bertz CT molecular complexity index is 862. The summed E-state index contributed by atoms with van der Waals surface area (Å²) in [5.74, 6) is 0. The first kappa shape index (κ1) is 39.5. The molecule has 1 unspecified atom stereocenters. The zero-order valence-electron chi connectivity index (χ0n) is 22.7. The Morgan fingerprint density at radius 2 is 1.57 bits per heavy atom. The smallest absolute Gasteiger partial charge is 0.175 e. The molecule has 0 spiro atoms. The number of hydrogen-bond donors (Lipinski definition) is 1. The average Bonchev–Trinajstić information content (AvgIpc) is 2.87. The van der Waals surface area contributed by atoms with Crippen LogP contribution in [0.25, 0.3) is 0 Å². The van der Waals surface area contributed by atoms with Crippen LogP contribution in [0, 0.1) is 0 Å². The van der Waals surface area contributed by atoms with Crippen LogP contribution in [0.3, 0.4) is 0 Å². The van der Waals surface area contributed by atoms with E-state index in [1.54, 1.807) is 12.1 Å². The second kappa shape index (κ2) is 25.9. The van der Waals surface area contributed by atoms with Crippen molar-refractivity contribution in [3.8, 4) is 0 Å². The third-order valence-corrected chi connectivity index (χ3v) is 4.77. The van der Waals surface area contributed by atoms with E-state index in [2.05, 4.69) is 28.6 Å². The van der Waals surface area contributed by atoms with E-state index in [0.717, 1.165) is 18.4 Å². The molecule has 0 fully saturated rings. The van der Waals surface area contributed by atoms with E-state index >= 15 is 0 Å². The largest absolute Gasteiger partial charge is 0.360 e. The lowest BCUT2D eigenvalue weighted by Gasteiger charge is -2.09. The molecule has 0 bridgehead atoms. The molecule has 1 aromatic rings. The molecule has 1 N–H and O–H groups in total. The van der Waals surface area contributed by atoms with Crippen molar-refractivity contribution < 1.29 is 21.6 Å². The Kier molecular flexibility index (Phi) is 29.3. The van der Waals surface area contributed by atoms with Crippen LogP contribution in [-0.2, 0) is 9.84 Å². The minimum absolute atomic E-state index is 0.232. The molecular formula is C26H44F3N3O2S. The van der Waals surface area contributed by atoms with Gasteiger partial charge in [-0.25, -0.2) is 12.8 Å². The van der Waals surface area contributed by atoms with Crippen molar-refractivity contribution in [2.75, 3.05) is 32.5 Å². The Morgan fingerprint density at radius 3 is 1.89 bits per heavy atom. The van der Waals surface area contributed by atoms with Gasteiger partial charge in [0.2, 0.25) is 0 Å². The van der Waals surface area contributed by atoms with Crippen molar-refractivity contribution in [3.63, 3.8) is 0 Å². The molecule has 1 rings (SSSR count). The molecule has 0 radical (unpaired) electrons. The lowest BCUT2D eigenvalue weighted by Crippen LogP contribution is -2.06. The molecule has 35 heavy (non-hydrogen) atoms. The first-order valence-corrected chi connectivity index (χ1v) is 13.0. The normalized spacial score (nSPS) is 11.7. The van der Waals surface area contributed by atoms with Gasteiger partial charge in [0.05, 0.1) is 24.9 Å². The Morgan fingerprint density at radius 1 is 1.11 bits per heavy atom. The Hall–Kier alpha value is -2.68. The number of alkyl halides is 3. The van der Waals surface area contributed by atoms with E-state index in [1.807, 2.05) is 46.8 Å². The summed E-state index contributed by atoms with van der Waals surface area (Å²) in [5, 5.41) is 2.95. The standard InChI is InChI=1S/C19H25FN2O2S.C3H7N.C2H6.2CH3F/c1-6-8-14(3)18(7-2)22-19(15(4)20)13-21-16-9-11-17(12-10-16)25(5,23)24;1-3-4-2;3*1-2/h6,8-13,15,21H,3,7H2,1-2,4-5H3;2-3H2,1H3;1-2H3;2*1H3/b8-6-,19-13-,22-18?;;;;. The average molecular weight is 520 g/mol.